The molecule has 3 aromatic carbocycles. The van der Waals surface area contributed by atoms with Crippen molar-refractivity contribution in [1.82, 2.24) is 4.98 Å². The van der Waals surface area contributed by atoms with Gasteiger partial charge in [-0.2, -0.15) is 0 Å². The highest BCUT2D eigenvalue weighted by molar-refractivity contribution is 9.10. The lowest BCUT2D eigenvalue weighted by atomic mass is 10.1. The monoisotopic (exact) mass is 423 g/mol. The third-order valence-electron chi connectivity index (χ3n) is 4.67. The summed E-state index contributed by atoms with van der Waals surface area (Å²) in [6.07, 6.45) is 1.34. The molecular formula is C22H18BrNO3. The molecule has 0 radical (unpaired) electrons. The second kappa shape index (κ2) is 7.45. The summed E-state index contributed by atoms with van der Waals surface area (Å²) in [5.74, 6) is -0.0882. The minimum absolute atomic E-state index is 0.252. The Balaban J connectivity index is 1.52. The highest BCUT2D eigenvalue weighted by Gasteiger charge is 2.18. The molecule has 1 aromatic heterocycles. The summed E-state index contributed by atoms with van der Waals surface area (Å²) < 4.78 is 6.89. The number of carboxylic acids is 1. The van der Waals surface area contributed by atoms with E-state index in [-0.39, 0.29) is 5.69 Å². The van der Waals surface area contributed by atoms with Crippen molar-refractivity contribution in [2.24, 2.45) is 0 Å². The number of fused-ring (bicyclic) bond motifs is 2. The summed E-state index contributed by atoms with van der Waals surface area (Å²) in [5, 5.41) is 12.7. The van der Waals surface area contributed by atoms with Gasteiger partial charge in [0.05, 0.1) is 6.61 Å². The van der Waals surface area contributed by atoms with E-state index in [2.05, 4.69) is 33.0 Å². The average molecular weight is 424 g/mol. The summed E-state index contributed by atoms with van der Waals surface area (Å²) in [4.78, 5) is 14.6. The van der Waals surface area contributed by atoms with E-state index in [4.69, 9.17) is 4.74 Å². The largest absolute Gasteiger partial charge is 0.493 e. The molecule has 0 aliphatic rings. The van der Waals surface area contributed by atoms with Gasteiger partial charge in [0.2, 0.25) is 0 Å². The lowest BCUT2D eigenvalue weighted by molar-refractivity contribution is 0.0690. The molecule has 2 N–H and O–H groups in total. The van der Waals surface area contributed by atoms with Gasteiger partial charge in [-0.15, -0.1) is 0 Å². The minimum atomic E-state index is -0.942. The van der Waals surface area contributed by atoms with Crippen molar-refractivity contribution < 1.29 is 14.6 Å². The molecule has 0 bridgehead atoms. The van der Waals surface area contributed by atoms with E-state index in [0.29, 0.717) is 13.0 Å². The van der Waals surface area contributed by atoms with Gasteiger partial charge in [0.25, 0.3) is 0 Å². The van der Waals surface area contributed by atoms with Gasteiger partial charge in [-0.3, -0.25) is 0 Å². The highest BCUT2D eigenvalue weighted by atomic mass is 79.9. The van der Waals surface area contributed by atoms with Gasteiger partial charge >= 0.3 is 5.97 Å². The quantitative estimate of drug-likeness (QED) is 0.385. The fourth-order valence-corrected chi connectivity index (χ4v) is 4.06. The number of aryl methyl sites for hydroxylation is 1. The van der Waals surface area contributed by atoms with E-state index >= 15 is 0 Å². The maximum Gasteiger partial charge on any atom is 0.352 e. The summed E-state index contributed by atoms with van der Waals surface area (Å²) in [7, 11) is 0. The van der Waals surface area contributed by atoms with Gasteiger partial charge in [-0.05, 0) is 42.0 Å². The number of hydrogen-bond donors (Lipinski definition) is 2. The number of carbonyl (C=O) groups is 1. The molecule has 1 heterocycles. The average Bonchev–Trinajstić information content (AvgIpc) is 3.05. The molecule has 0 fully saturated rings. The fraction of sp³-hybridized carbons (Fsp3) is 0.136. The zero-order chi connectivity index (χ0) is 18.8. The molecule has 136 valence electrons. The molecule has 0 saturated carbocycles. The molecule has 0 unspecified atom stereocenters. The standard InChI is InChI=1S/C22H18BrNO3/c23-17-10-4-11-18-20(17)16(21(24-18)22(25)26)9-5-13-27-19-12-3-7-14-6-1-2-8-15(14)19/h1-4,6-8,10-12,24H,5,9,13H2,(H,25,26). The first kappa shape index (κ1) is 17.6. The van der Waals surface area contributed by atoms with Gasteiger partial charge in [0.15, 0.2) is 0 Å². The summed E-state index contributed by atoms with van der Waals surface area (Å²) >= 11 is 3.54. The number of H-pyrrole nitrogens is 1. The number of aromatic nitrogens is 1. The number of rotatable bonds is 6. The van der Waals surface area contributed by atoms with Crippen molar-refractivity contribution in [3.63, 3.8) is 0 Å². The summed E-state index contributed by atoms with van der Waals surface area (Å²) in [6, 6.07) is 19.8. The Labute approximate surface area is 164 Å². The molecule has 4 aromatic rings. The van der Waals surface area contributed by atoms with E-state index in [0.717, 1.165) is 43.9 Å². The Morgan fingerprint density at radius 3 is 2.67 bits per heavy atom. The Morgan fingerprint density at radius 1 is 1.04 bits per heavy atom. The predicted octanol–water partition coefficient (Wildman–Crippen LogP) is 5.79. The third-order valence-corrected chi connectivity index (χ3v) is 5.33. The molecule has 0 amide bonds. The Morgan fingerprint density at radius 2 is 1.81 bits per heavy atom. The number of aromatic amines is 1. The molecule has 0 saturated heterocycles. The van der Waals surface area contributed by atoms with Crippen LogP contribution < -0.4 is 4.74 Å². The molecule has 4 nitrogen and oxygen atoms in total. The number of ether oxygens (including phenoxy) is 1. The molecule has 0 atom stereocenters. The number of aromatic carboxylic acids is 1. The van der Waals surface area contributed by atoms with E-state index in [1.165, 1.54) is 0 Å². The third kappa shape index (κ3) is 3.43. The Hall–Kier alpha value is -2.79. The van der Waals surface area contributed by atoms with Crippen LogP contribution in [0.15, 0.2) is 65.1 Å². The molecule has 5 heteroatoms. The second-order valence-corrected chi connectivity index (χ2v) is 7.23. The number of nitrogens with one attached hydrogen (secondary N) is 1. The van der Waals surface area contributed by atoms with Crippen LogP contribution in [0.5, 0.6) is 5.75 Å². The number of carboxylic acid groups (broad SMARTS) is 1. The lowest BCUT2D eigenvalue weighted by Gasteiger charge is -2.09. The smallest absolute Gasteiger partial charge is 0.352 e. The van der Waals surface area contributed by atoms with Gasteiger partial charge in [-0.25, -0.2) is 4.79 Å². The SMILES string of the molecule is O=C(O)c1[nH]c2cccc(Br)c2c1CCCOc1cccc2ccccc12. The van der Waals surface area contributed by atoms with Gasteiger partial charge in [0.1, 0.15) is 11.4 Å². The first-order chi connectivity index (χ1) is 13.1. The van der Waals surface area contributed by atoms with Crippen LogP contribution in [0.3, 0.4) is 0 Å². The van der Waals surface area contributed by atoms with E-state index in [1.54, 1.807) is 0 Å². The normalized spacial score (nSPS) is 11.1. The van der Waals surface area contributed by atoms with Crippen LogP contribution in [0.4, 0.5) is 0 Å². The molecule has 4 rings (SSSR count). The maximum absolute atomic E-state index is 11.6. The first-order valence-corrected chi connectivity index (χ1v) is 9.57. The molecular weight excluding hydrogens is 406 g/mol. The number of hydrogen-bond acceptors (Lipinski definition) is 2. The van der Waals surface area contributed by atoms with Crippen molar-refractivity contribution in [2.45, 2.75) is 12.8 Å². The number of benzene rings is 3. The van der Waals surface area contributed by atoms with Crippen LogP contribution in [-0.2, 0) is 6.42 Å². The fourth-order valence-electron chi connectivity index (χ4n) is 3.46. The van der Waals surface area contributed by atoms with Crippen LogP contribution in [0.1, 0.15) is 22.5 Å². The molecule has 0 aliphatic carbocycles. The zero-order valence-corrected chi connectivity index (χ0v) is 16.1. The summed E-state index contributed by atoms with van der Waals surface area (Å²) in [5.41, 5.74) is 1.89. The van der Waals surface area contributed by atoms with Gasteiger partial charge < -0.3 is 14.8 Å². The Bertz CT molecular complexity index is 1130. The van der Waals surface area contributed by atoms with E-state index in [1.807, 2.05) is 48.5 Å². The molecule has 0 spiro atoms. The number of halogens is 1. The topological polar surface area (TPSA) is 62.3 Å². The lowest BCUT2D eigenvalue weighted by Crippen LogP contribution is -2.04. The Kier molecular flexibility index (Phi) is 4.86. The van der Waals surface area contributed by atoms with Crippen molar-refractivity contribution in [3.8, 4) is 5.75 Å². The zero-order valence-electron chi connectivity index (χ0n) is 14.5. The summed E-state index contributed by atoms with van der Waals surface area (Å²) in [6.45, 7) is 0.518. The van der Waals surface area contributed by atoms with Crippen LogP contribution >= 0.6 is 15.9 Å². The minimum Gasteiger partial charge on any atom is -0.493 e. The van der Waals surface area contributed by atoms with Crippen molar-refractivity contribution in [2.75, 3.05) is 6.61 Å². The van der Waals surface area contributed by atoms with Crippen molar-refractivity contribution in [3.05, 3.63) is 76.4 Å². The van der Waals surface area contributed by atoms with Crippen LogP contribution in [0.25, 0.3) is 21.7 Å². The second-order valence-electron chi connectivity index (χ2n) is 6.38. The highest BCUT2D eigenvalue weighted by Crippen LogP contribution is 2.31. The predicted molar refractivity (Wildman–Crippen MR) is 111 cm³/mol. The maximum atomic E-state index is 11.6. The van der Waals surface area contributed by atoms with Gasteiger partial charge in [-0.1, -0.05) is 58.4 Å². The van der Waals surface area contributed by atoms with Crippen molar-refractivity contribution in [1.29, 1.82) is 0 Å². The van der Waals surface area contributed by atoms with Crippen LogP contribution in [0, 0.1) is 0 Å². The van der Waals surface area contributed by atoms with Crippen LogP contribution in [0.2, 0.25) is 0 Å². The van der Waals surface area contributed by atoms with Crippen molar-refractivity contribution >= 4 is 43.6 Å². The van der Waals surface area contributed by atoms with E-state index in [9.17, 15) is 9.90 Å². The van der Waals surface area contributed by atoms with Gasteiger partial charge in [0, 0.05) is 20.8 Å². The molecule has 27 heavy (non-hydrogen) atoms. The first-order valence-electron chi connectivity index (χ1n) is 8.78. The van der Waals surface area contributed by atoms with Crippen LogP contribution in [-0.4, -0.2) is 22.7 Å². The molecule has 0 aliphatic heterocycles. The van der Waals surface area contributed by atoms with E-state index < -0.39 is 5.97 Å².